The fourth-order valence-electron chi connectivity index (χ4n) is 2.58. The molecule has 1 amide bonds. The molecule has 3 rings (SSSR count). The minimum absolute atomic E-state index is 0.0441. The van der Waals surface area contributed by atoms with E-state index in [1.807, 2.05) is 6.07 Å². The summed E-state index contributed by atoms with van der Waals surface area (Å²) in [5, 5.41) is 3.23. The monoisotopic (exact) mass is 251 g/mol. The predicted molar refractivity (Wildman–Crippen MR) is 66.5 cm³/mol. The smallest absolute Gasteiger partial charge is 0.252 e. The van der Waals surface area contributed by atoms with Crippen molar-refractivity contribution in [2.75, 3.05) is 11.4 Å². The molecular formula is C12H14ClN3O. The van der Waals surface area contributed by atoms with Gasteiger partial charge >= 0.3 is 0 Å². The number of aromatic nitrogens is 1. The first-order chi connectivity index (χ1) is 8.16. The molecule has 1 N–H and O–H groups in total. The molecule has 4 nitrogen and oxygen atoms in total. The van der Waals surface area contributed by atoms with Crippen LogP contribution in [0.4, 0.5) is 5.82 Å². The van der Waals surface area contributed by atoms with Gasteiger partial charge in [0.25, 0.3) is 5.91 Å². The molecule has 1 saturated heterocycles. The number of carbonyl (C=O) groups is 1. The number of nitrogens with one attached hydrogen (secondary N) is 1. The molecule has 0 aliphatic carbocycles. The molecule has 1 unspecified atom stereocenters. The Morgan fingerprint density at radius 2 is 2.41 bits per heavy atom. The summed E-state index contributed by atoms with van der Waals surface area (Å²) >= 11 is 6.14. The first-order valence-corrected chi connectivity index (χ1v) is 6.29. The van der Waals surface area contributed by atoms with Crippen molar-refractivity contribution in [3.8, 4) is 0 Å². The van der Waals surface area contributed by atoms with Crippen molar-refractivity contribution in [1.82, 2.24) is 10.3 Å². The number of anilines is 1. The highest BCUT2D eigenvalue weighted by Crippen LogP contribution is 2.30. The normalized spacial score (nSPS) is 22.8. The third kappa shape index (κ3) is 1.67. The molecule has 90 valence electrons. The van der Waals surface area contributed by atoms with Gasteiger partial charge in [-0.05, 0) is 25.8 Å². The van der Waals surface area contributed by atoms with Gasteiger partial charge in [-0.25, -0.2) is 4.98 Å². The average molecular weight is 252 g/mol. The van der Waals surface area contributed by atoms with Crippen LogP contribution in [0.15, 0.2) is 6.07 Å². The van der Waals surface area contributed by atoms with Gasteiger partial charge < -0.3 is 10.2 Å². The van der Waals surface area contributed by atoms with Crippen molar-refractivity contribution < 1.29 is 4.79 Å². The Kier molecular flexibility index (Phi) is 2.47. The lowest BCUT2D eigenvalue weighted by molar-refractivity contribution is 0.0965. The molecule has 17 heavy (non-hydrogen) atoms. The summed E-state index contributed by atoms with van der Waals surface area (Å²) in [5.41, 5.74) is 1.51. The zero-order chi connectivity index (χ0) is 12.0. The quantitative estimate of drug-likeness (QED) is 0.777. The zero-order valence-electron chi connectivity index (χ0n) is 9.66. The van der Waals surface area contributed by atoms with Gasteiger partial charge in [0.1, 0.15) is 11.0 Å². The summed E-state index contributed by atoms with van der Waals surface area (Å²) in [6.07, 6.45) is 2.34. The molecule has 0 radical (unpaired) electrons. The Labute approximate surface area is 105 Å². The van der Waals surface area contributed by atoms with Crippen LogP contribution >= 0.6 is 11.6 Å². The van der Waals surface area contributed by atoms with Crippen LogP contribution in [0.1, 0.15) is 35.7 Å². The molecule has 3 heterocycles. The molecule has 0 saturated carbocycles. The van der Waals surface area contributed by atoms with E-state index in [1.165, 1.54) is 12.8 Å². The second kappa shape index (κ2) is 3.88. The molecule has 1 aromatic heterocycles. The predicted octanol–water partition coefficient (Wildman–Crippen LogP) is 1.97. The van der Waals surface area contributed by atoms with Crippen molar-refractivity contribution in [3.63, 3.8) is 0 Å². The highest BCUT2D eigenvalue weighted by Gasteiger charge is 2.27. The number of hydrogen-bond acceptors (Lipinski definition) is 3. The van der Waals surface area contributed by atoms with Crippen LogP contribution in [0.3, 0.4) is 0 Å². The lowest BCUT2D eigenvalue weighted by Crippen LogP contribution is -2.27. The minimum Gasteiger partial charge on any atom is -0.354 e. The summed E-state index contributed by atoms with van der Waals surface area (Å²) in [6.45, 7) is 3.66. The number of fused-ring (bicyclic) bond motifs is 1. The van der Waals surface area contributed by atoms with Gasteiger partial charge in [0, 0.05) is 24.7 Å². The maximum atomic E-state index is 11.7. The van der Waals surface area contributed by atoms with Crippen LogP contribution in [-0.4, -0.2) is 23.5 Å². The van der Waals surface area contributed by atoms with E-state index in [-0.39, 0.29) is 5.91 Å². The highest BCUT2D eigenvalue weighted by atomic mass is 35.5. The van der Waals surface area contributed by atoms with E-state index in [4.69, 9.17) is 11.6 Å². The van der Waals surface area contributed by atoms with Crippen molar-refractivity contribution in [1.29, 1.82) is 0 Å². The standard InChI is InChI=1S/C12H14ClN3O/c1-7-3-2-4-16(7)10-5-8-9(11(13)15-10)6-14-12(8)17/h5,7H,2-4,6H2,1H3,(H,14,17). The zero-order valence-corrected chi connectivity index (χ0v) is 10.4. The van der Waals surface area contributed by atoms with E-state index in [9.17, 15) is 4.79 Å². The van der Waals surface area contributed by atoms with E-state index >= 15 is 0 Å². The number of pyridine rings is 1. The third-order valence-corrected chi connectivity index (χ3v) is 3.89. The molecule has 2 aliphatic rings. The first-order valence-electron chi connectivity index (χ1n) is 5.91. The van der Waals surface area contributed by atoms with Crippen LogP contribution in [0.2, 0.25) is 5.15 Å². The Hall–Kier alpha value is -1.29. The fourth-order valence-corrected chi connectivity index (χ4v) is 2.84. The van der Waals surface area contributed by atoms with Crippen LogP contribution in [-0.2, 0) is 6.54 Å². The summed E-state index contributed by atoms with van der Waals surface area (Å²) in [5.74, 6) is 0.785. The molecular weight excluding hydrogens is 238 g/mol. The van der Waals surface area contributed by atoms with Gasteiger partial charge in [0.05, 0.1) is 5.56 Å². The molecule has 0 bridgehead atoms. The minimum atomic E-state index is -0.0441. The van der Waals surface area contributed by atoms with Gasteiger partial charge in [0.15, 0.2) is 0 Å². The van der Waals surface area contributed by atoms with Crippen LogP contribution in [0, 0.1) is 0 Å². The number of amides is 1. The molecule has 5 heteroatoms. The summed E-state index contributed by atoms with van der Waals surface area (Å²) < 4.78 is 0. The lowest BCUT2D eigenvalue weighted by atomic mass is 10.1. The molecule has 1 atom stereocenters. The lowest BCUT2D eigenvalue weighted by Gasteiger charge is -2.23. The van der Waals surface area contributed by atoms with Gasteiger partial charge in [-0.3, -0.25) is 4.79 Å². The van der Waals surface area contributed by atoms with E-state index in [1.54, 1.807) is 0 Å². The Morgan fingerprint density at radius 1 is 1.59 bits per heavy atom. The Morgan fingerprint density at radius 3 is 3.12 bits per heavy atom. The average Bonchev–Trinajstić information content (AvgIpc) is 2.86. The van der Waals surface area contributed by atoms with Crippen molar-refractivity contribution in [2.24, 2.45) is 0 Å². The van der Waals surface area contributed by atoms with E-state index in [0.717, 1.165) is 17.9 Å². The van der Waals surface area contributed by atoms with Crippen molar-refractivity contribution in [3.05, 3.63) is 22.3 Å². The SMILES string of the molecule is CC1CCCN1c1cc2c(c(Cl)n1)CNC2=O. The number of hydrogen-bond donors (Lipinski definition) is 1. The number of halogens is 1. The molecule has 0 spiro atoms. The largest absolute Gasteiger partial charge is 0.354 e. The first kappa shape index (κ1) is 10.8. The van der Waals surface area contributed by atoms with Gasteiger partial charge in [-0.2, -0.15) is 0 Å². The summed E-state index contributed by atoms with van der Waals surface area (Å²) in [7, 11) is 0. The van der Waals surface area contributed by atoms with Crippen LogP contribution in [0.5, 0.6) is 0 Å². The number of nitrogens with zero attached hydrogens (tertiary/aromatic N) is 2. The Bertz CT molecular complexity index is 489. The second-order valence-electron chi connectivity index (χ2n) is 4.66. The van der Waals surface area contributed by atoms with Gasteiger partial charge in [-0.1, -0.05) is 11.6 Å². The summed E-state index contributed by atoms with van der Waals surface area (Å²) in [6, 6.07) is 2.34. The second-order valence-corrected chi connectivity index (χ2v) is 5.02. The maximum absolute atomic E-state index is 11.7. The number of rotatable bonds is 1. The molecule has 0 aromatic carbocycles. The van der Waals surface area contributed by atoms with Gasteiger partial charge in [-0.15, -0.1) is 0 Å². The van der Waals surface area contributed by atoms with E-state index in [2.05, 4.69) is 22.1 Å². The topological polar surface area (TPSA) is 45.2 Å². The van der Waals surface area contributed by atoms with E-state index in [0.29, 0.717) is 23.3 Å². The fraction of sp³-hybridized carbons (Fsp3) is 0.500. The Balaban J connectivity index is 2.05. The third-order valence-electron chi connectivity index (χ3n) is 3.58. The molecule has 2 aliphatic heterocycles. The van der Waals surface area contributed by atoms with Crippen molar-refractivity contribution in [2.45, 2.75) is 32.4 Å². The van der Waals surface area contributed by atoms with Gasteiger partial charge in [0.2, 0.25) is 0 Å². The maximum Gasteiger partial charge on any atom is 0.252 e. The molecule has 1 aromatic rings. The van der Waals surface area contributed by atoms with Crippen LogP contribution < -0.4 is 10.2 Å². The highest BCUT2D eigenvalue weighted by molar-refractivity contribution is 6.31. The van der Waals surface area contributed by atoms with E-state index < -0.39 is 0 Å². The van der Waals surface area contributed by atoms with Crippen LogP contribution in [0.25, 0.3) is 0 Å². The molecule has 1 fully saturated rings. The number of carbonyl (C=O) groups excluding carboxylic acids is 1. The summed E-state index contributed by atoms with van der Waals surface area (Å²) in [4.78, 5) is 18.3. The van der Waals surface area contributed by atoms with Crippen molar-refractivity contribution >= 4 is 23.3 Å².